The Morgan fingerprint density at radius 2 is 1.88 bits per heavy atom. The highest BCUT2D eigenvalue weighted by molar-refractivity contribution is 7.90. The second-order valence-corrected chi connectivity index (χ2v) is 5.15. The lowest BCUT2D eigenvalue weighted by atomic mass is 10.3. The predicted molar refractivity (Wildman–Crippen MR) is 61.2 cm³/mol. The van der Waals surface area contributed by atoms with Crippen molar-refractivity contribution in [1.82, 2.24) is 0 Å². The van der Waals surface area contributed by atoms with Crippen molar-refractivity contribution >= 4 is 9.84 Å². The van der Waals surface area contributed by atoms with E-state index in [0.29, 0.717) is 19.0 Å². The minimum absolute atomic E-state index is 0.280. The van der Waals surface area contributed by atoms with E-state index >= 15 is 0 Å². The maximum absolute atomic E-state index is 11.2. The Bertz CT molecular complexity index is 434. The van der Waals surface area contributed by atoms with Gasteiger partial charge in [-0.2, -0.15) is 0 Å². The minimum atomic E-state index is -3.14. The Morgan fingerprint density at radius 1 is 1.25 bits per heavy atom. The van der Waals surface area contributed by atoms with Gasteiger partial charge in [-0.05, 0) is 24.3 Å². The number of benzene rings is 1. The molecule has 5 heteroatoms. The molecule has 0 radical (unpaired) electrons. The second kappa shape index (κ2) is 5.55. The van der Waals surface area contributed by atoms with Crippen molar-refractivity contribution in [1.29, 1.82) is 0 Å². The first kappa shape index (κ1) is 12.6. The van der Waals surface area contributed by atoms with Gasteiger partial charge in [0.2, 0.25) is 0 Å². The van der Waals surface area contributed by atoms with Gasteiger partial charge < -0.3 is 9.47 Å². The Morgan fingerprint density at radius 3 is 2.38 bits per heavy atom. The summed E-state index contributed by atoms with van der Waals surface area (Å²) in [7, 11) is -3.14. The number of ether oxygens (including phenoxy) is 2. The molecule has 0 aliphatic rings. The van der Waals surface area contributed by atoms with E-state index in [4.69, 9.17) is 9.47 Å². The van der Waals surface area contributed by atoms with Crippen LogP contribution in [0.25, 0.3) is 0 Å². The molecule has 0 unspecified atom stereocenters. The van der Waals surface area contributed by atoms with Gasteiger partial charge in [0.15, 0.2) is 9.84 Å². The number of sulfone groups is 1. The molecule has 0 saturated carbocycles. The highest BCUT2D eigenvalue weighted by Crippen LogP contribution is 2.15. The van der Waals surface area contributed by atoms with Crippen molar-refractivity contribution in [2.75, 3.05) is 19.5 Å². The molecule has 0 aliphatic heterocycles. The quantitative estimate of drug-likeness (QED) is 0.562. The van der Waals surface area contributed by atoms with Crippen LogP contribution in [-0.2, 0) is 14.6 Å². The van der Waals surface area contributed by atoms with Gasteiger partial charge in [0.1, 0.15) is 19.0 Å². The van der Waals surface area contributed by atoms with Gasteiger partial charge in [-0.15, -0.1) is 0 Å². The van der Waals surface area contributed by atoms with Gasteiger partial charge in [-0.3, -0.25) is 0 Å². The average Bonchev–Trinajstić information content (AvgIpc) is 2.24. The van der Waals surface area contributed by atoms with Crippen LogP contribution in [-0.4, -0.2) is 27.9 Å². The van der Waals surface area contributed by atoms with Crippen LogP contribution in [0.15, 0.2) is 42.0 Å². The lowest BCUT2D eigenvalue weighted by molar-refractivity contribution is 0.179. The zero-order valence-corrected chi connectivity index (χ0v) is 9.87. The lowest BCUT2D eigenvalue weighted by Gasteiger charge is -2.06. The summed E-state index contributed by atoms with van der Waals surface area (Å²) in [5.74, 6) is 0.611. The predicted octanol–water partition coefficient (Wildman–Crippen LogP) is 1.63. The van der Waals surface area contributed by atoms with Crippen molar-refractivity contribution in [2.24, 2.45) is 0 Å². The maximum Gasteiger partial charge on any atom is 0.175 e. The van der Waals surface area contributed by atoms with Gasteiger partial charge in [0.05, 0.1) is 11.2 Å². The SMILES string of the molecule is C=COCCOc1ccc(S(C)(=O)=O)cc1. The van der Waals surface area contributed by atoms with Crippen molar-refractivity contribution in [3.05, 3.63) is 37.1 Å². The van der Waals surface area contributed by atoms with E-state index < -0.39 is 9.84 Å². The van der Waals surface area contributed by atoms with Gasteiger partial charge in [-0.25, -0.2) is 8.42 Å². The molecular weight excluding hydrogens is 228 g/mol. The van der Waals surface area contributed by atoms with E-state index in [1.54, 1.807) is 12.1 Å². The number of rotatable bonds is 6. The summed E-state index contributed by atoms with van der Waals surface area (Å²) >= 11 is 0. The molecule has 0 spiro atoms. The standard InChI is InChI=1S/C11H14O4S/c1-3-14-8-9-15-10-4-6-11(7-5-10)16(2,12)13/h3-7H,1,8-9H2,2H3. The Labute approximate surface area is 95.4 Å². The van der Waals surface area contributed by atoms with Crippen LogP contribution in [0.3, 0.4) is 0 Å². The third-order valence-electron chi connectivity index (χ3n) is 1.84. The molecule has 0 atom stereocenters. The lowest BCUT2D eigenvalue weighted by Crippen LogP contribution is -2.04. The third-order valence-corrected chi connectivity index (χ3v) is 2.97. The van der Waals surface area contributed by atoms with Crippen LogP contribution >= 0.6 is 0 Å². The average molecular weight is 242 g/mol. The van der Waals surface area contributed by atoms with Gasteiger partial charge in [0, 0.05) is 6.26 Å². The number of hydrogen-bond donors (Lipinski definition) is 0. The first-order valence-corrected chi connectivity index (χ1v) is 6.58. The summed E-state index contributed by atoms with van der Waals surface area (Å²) in [6.07, 6.45) is 2.51. The molecule has 1 aromatic carbocycles. The van der Waals surface area contributed by atoms with Crippen LogP contribution in [0, 0.1) is 0 Å². The molecule has 0 fully saturated rings. The van der Waals surface area contributed by atoms with E-state index in [0.717, 1.165) is 0 Å². The van der Waals surface area contributed by atoms with Crippen LogP contribution in [0.2, 0.25) is 0 Å². The first-order chi connectivity index (χ1) is 7.54. The van der Waals surface area contributed by atoms with Crippen LogP contribution in [0.4, 0.5) is 0 Å². The van der Waals surface area contributed by atoms with Crippen LogP contribution in [0.1, 0.15) is 0 Å². The van der Waals surface area contributed by atoms with Crippen LogP contribution in [0.5, 0.6) is 5.75 Å². The van der Waals surface area contributed by atoms with Gasteiger partial charge >= 0.3 is 0 Å². The van der Waals surface area contributed by atoms with Crippen LogP contribution < -0.4 is 4.74 Å². The highest BCUT2D eigenvalue weighted by Gasteiger charge is 2.05. The largest absolute Gasteiger partial charge is 0.498 e. The van der Waals surface area contributed by atoms with E-state index in [1.807, 2.05) is 0 Å². The van der Waals surface area contributed by atoms with E-state index in [-0.39, 0.29) is 4.90 Å². The summed E-state index contributed by atoms with van der Waals surface area (Å²) in [6.45, 7) is 4.21. The highest BCUT2D eigenvalue weighted by atomic mass is 32.2. The molecule has 0 aliphatic carbocycles. The minimum Gasteiger partial charge on any atom is -0.498 e. The molecule has 4 nitrogen and oxygen atoms in total. The molecule has 0 bridgehead atoms. The fourth-order valence-corrected chi connectivity index (χ4v) is 1.70. The molecule has 0 aromatic heterocycles. The molecule has 0 heterocycles. The first-order valence-electron chi connectivity index (χ1n) is 4.69. The molecular formula is C11H14O4S. The fraction of sp³-hybridized carbons (Fsp3) is 0.273. The Hall–Kier alpha value is -1.49. The fourth-order valence-electron chi connectivity index (χ4n) is 1.07. The van der Waals surface area contributed by atoms with E-state index in [1.165, 1.54) is 24.7 Å². The zero-order chi connectivity index (χ0) is 12.0. The Kier molecular flexibility index (Phi) is 4.37. The molecule has 0 N–H and O–H groups in total. The van der Waals surface area contributed by atoms with Gasteiger partial charge in [-0.1, -0.05) is 6.58 Å². The molecule has 0 saturated heterocycles. The normalized spacial score (nSPS) is 10.8. The van der Waals surface area contributed by atoms with Crippen molar-refractivity contribution < 1.29 is 17.9 Å². The van der Waals surface area contributed by atoms with E-state index in [9.17, 15) is 8.42 Å². The van der Waals surface area contributed by atoms with Crippen molar-refractivity contribution in [3.63, 3.8) is 0 Å². The summed E-state index contributed by atoms with van der Waals surface area (Å²) < 4.78 is 32.5. The zero-order valence-electron chi connectivity index (χ0n) is 9.05. The number of hydrogen-bond acceptors (Lipinski definition) is 4. The molecule has 88 valence electrons. The molecule has 1 rings (SSSR count). The Balaban J connectivity index is 2.55. The maximum atomic E-state index is 11.2. The van der Waals surface area contributed by atoms with Crippen molar-refractivity contribution in [3.8, 4) is 5.75 Å². The monoisotopic (exact) mass is 242 g/mol. The van der Waals surface area contributed by atoms with Crippen molar-refractivity contribution in [2.45, 2.75) is 4.90 Å². The molecule has 1 aromatic rings. The summed E-state index contributed by atoms with van der Waals surface area (Å²) in [4.78, 5) is 0.280. The molecule has 16 heavy (non-hydrogen) atoms. The van der Waals surface area contributed by atoms with E-state index in [2.05, 4.69) is 6.58 Å². The summed E-state index contributed by atoms with van der Waals surface area (Å²) in [6, 6.07) is 6.26. The third kappa shape index (κ3) is 3.94. The second-order valence-electron chi connectivity index (χ2n) is 3.13. The smallest absolute Gasteiger partial charge is 0.175 e. The summed E-state index contributed by atoms with van der Waals surface area (Å²) in [5.41, 5.74) is 0. The van der Waals surface area contributed by atoms with Gasteiger partial charge in [0.25, 0.3) is 0 Å². The molecule has 0 amide bonds. The topological polar surface area (TPSA) is 52.6 Å². The summed E-state index contributed by atoms with van der Waals surface area (Å²) in [5, 5.41) is 0.